The second kappa shape index (κ2) is 4.73. The highest BCUT2D eigenvalue weighted by molar-refractivity contribution is 5.63. The van der Waals surface area contributed by atoms with Crippen LogP contribution in [-0.2, 0) is 24.7 Å². The van der Waals surface area contributed by atoms with Crippen LogP contribution in [-0.4, -0.2) is 11.8 Å². The van der Waals surface area contributed by atoms with Gasteiger partial charge in [0.1, 0.15) is 0 Å². The molecule has 0 saturated carbocycles. The summed E-state index contributed by atoms with van der Waals surface area (Å²) in [6.45, 7) is 2.69. The number of benzene rings is 1. The third-order valence-corrected chi connectivity index (χ3v) is 4.13. The van der Waals surface area contributed by atoms with Crippen molar-refractivity contribution >= 4 is 5.69 Å². The van der Waals surface area contributed by atoms with Crippen LogP contribution >= 0.6 is 0 Å². The highest BCUT2D eigenvalue weighted by Crippen LogP contribution is 2.65. The van der Waals surface area contributed by atoms with Gasteiger partial charge in [0.25, 0.3) is 0 Å². The molecule has 0 saturated heterocycles. The van der Waals surface area contributed by atoms with Crippen molar-refractivity contribution in [1.29, 1.82) is 0 Å². The van der Waals surface area contributed by atoms with Crippen LogP contribution in [0.25, 0.3) is 0 Å². The maximum atomic E-state index is 14.1. The minimum absolute atomic E-state index is 0.00424. The van der Waals surface area contributed by atoms with E-state index in [9.17, 15) is 35.1 Å². The normalized spacial score (nSPS) is 23.4. The number of anilines is 1. The monoisotopic (exact) mass is 347 g/mol. The highest BCUT2D eigenvalue weighted by Gasteiger charge is 2.85. The van der Waals surface area contributed by atoms with Gasteiger partial charge in [-0.05, 0) is 30.0 Å². The van der Waals surface area contributed by atoms with E-state index < -0.39 is 40.4 Å². The summed E-state index contributed by atoms with van der Waals surface area (Å²) in [6.07, 6.45) is -0.384. The molecule has 0 aromatic heterocycles. The van der Waals surface area contributed by atoms with Crippen LogP contribution in [0, 0.1) is 0 Å². The average molecular weight is 347 g/mol. The lowest BCUT2D eigenvalue weighted by molar-refractivity contribution is -0.386. The maximum absolute atomic E-state index is 14.1. The Bertz CT molecular complexity index is 651. The van der Waals surface area contributed by atoms with E-state index in [0.717, 1.165) is 0 Å². The van der Waals surface area contributed by atoms with Crippen LogP contribution in [0.15, 0.2) is 6.07 Å². The minimum Gasteiger partial charge on any atom is -0.398 e. The van der Waals surface area contributed by atoms with Gasteiger partial charge < -0.3 is 5.73 Å². The van der Waals surface area contributed by atoms with Gasteiger partial charge in [-0.25, -0.2) is 0 Å². The van der Waals surface area contributed by atoms with Crippen LogP contribution in [0.3, 0.4) is 0 Å². The Labute approximate surface area is 126 Å². The zero-order chi connectivity index (χ0) is 18.0. The fraction of sp³-hybridized carbons (Fsp3) is 0.571. The quantitative estimate of drug-likeness (QED) is 0.600. The summed E-state index contributed by atoms with van der Waals surface area (Å²) >= 11 is 0. The molecule has 0 amide bonds. The number of halogens is 8. The largest absolute Gasteiger partial charge is 0.398 e. The molecule has 1 aliphatic rings. The molecule has 0 spiro atoms. The van der Waals surface area contributed by atoms with E-state index in [4.69, 9.17) is 5.73 Å². The van der Waals surface area contributed by atoms with Crippen LogP contribution in [0.4, 0.5) is 40.8 Å². The summed E-state index contributed by atoms with van der Waals surface area (Å²) in [5.41, 5.74) is 0.916. The fourth-order valence-electron chi connectivity index (χ4n) is 2.80. The zero-order valence-corrected chi connectivity index (χ0v) is 12.1. The van der Waals surface area contributed by atoms with Crippen molar-refractivity contribution in [3.8, 4) is 0 Å². The predicted molar refractivity (Wildman–Crippen MR) is 67.3 cm³/mol. The Morgan fingerprint density at radius 3 is 1.74 bits per heavy atom. The van der Waals surface area contributed by atoms with Gasteiger partial charge in [0.15, 0.2) is 0 Å². The third-order valence-electron chi connectivity index (χ3n) is 4.13. The Morgan fingerprint density at radius 1 is 0.826 bits per heavy atom. The highest BCUT2D eigenvalue weighted by atomic mass is 19.4. The first-order valence-electron chi connectivity index (χ1n) is 6.75. The predicted octanol–water partition coefficient (Wildman–Crippen LogP) is 4.86. The molecular formula is C14H13F8N. The van der Waals surface area contributed by atoms with Crippen molar-refractivity contribution in [2.75, 3.05) is 5.73 Å². The van der Waals surface area contributed by atoms with Crippen LogP contribution in [0.1, 0.15) is 36.1 Å². The smallest absolute Gasteiger partial charge is 0.382 e. The summed E-state index contributed by atoms with van der Waals surface area (Å²) < 4.78 is 110. The molecule has 2 rings (SSSR count). The van der Waals surface area contributed by atoms with Gasteiger partial charge in [-0.2, -0.15) is 35.1 Å². The van der Waals surface area contributed by atoms with Gasteiger partial charge in [-0.1, -0.05) is 13.8 Å². The molecule has 0 bridgehead atoms. The van der Waals surface area contributed by atoms with Crippen LogP contribution in [0.2, 0.25) is 0 Å². The van der Waals surface area contributed by atoms with Crippen LogP contribution < -0.4 is 5.73 Å². The molecule has 0 heterocycles. The second-order valence-electron chi connectivity index (χ2n) is 5.36. The Hall–Kier alpha value is -1.54. The Kier molecular flexibility index (Phi) is 3.66. The van der Waals surface area contributed by atoms with Crippen LogP contribution in [0.5, 0.6) is 0 Å². The Morgan fingerprint density at radius 2 is 1.30 bits per heavy atom. The van der Waals surface area contributed by atoms with Gasteiger partial charge in [0, 0.05) is 16.8 Å². The number of hydrogen-bond donors (Lipinski definition) is 1. The lowest BCUT2D eigenvalue weighted by Crippen LogP contribution is -2.64. The van der Waals surface area contributed by atoms with E-state index >= 15 is 0 Å². The molecule has 1 nitrogen and oxygen atoms in total. The number of hydrogen-bond acceptors (Lipinski definition) is 1. The summed E-state index contributed by atoms with van der Waals surface area (Å²) in [4.78, 5) is 0. The molecule has 0 unspecified atom stereocenters. The number of nitrogens with two attached hydrogens (primary N) is 1. The zero-order valence-electron chi connectivity index (χ0n) is 12.1. The van der Waals surface area contributed by atoms with Gasteiger partial charge in [-0.15, -0.1) is 0 Å². The molecule has 0 aliphatic heterocycles. The number of alkyl halides is 8. The van der Waals surface area contributed by atoms with E-state index in [-0.39, 0.29) is 24.1 Å². The van der Waals surface area contributed by atoms with Crippen molar-refractivity contribution in [3.63, 3.8) is 0 Å². The molecular weight excluding hydrogens is 334 g/mol. The van der Waals surface area contributed by atoms with E-state index in [1.165, 1.54) is 13.8 Å². The molecule has 0 atom stereocenters. The maximum Gasteiger partial charge on any atom is 0.382 e. The molecule has 1 aliphatic carbocycles. The van der Waals surface area contributed by atoms with E-state index in [1.54, 1.807) is 0 Å². The van der Waals surface area contributed by atoms with Crippen molar-refractivity contribution < 1.29 is 35.1 Å². The van der Waals surface area contributed by atoms with Gasteiger partial charge in [-0.3, -0.25) is 0 Å². The minimum atomic E-state index is -6.25. The molecule has 23 heavy (non-hydrogen) atoms. The number of fused-ring (bicyclic) bond motifs is 1. The summed E-state index contributed by atoms with van der Waals surface area (Å²) in [5, 5.41) is 0. The Balaban J connectivity index is 3.03. The standard InChI is InChI=1S/C14H13F8N/c1-3-6-5-8-9(7(4-2)10(6)23)12(17,18)14(21,22)13(19,20)11(8,15)16/h5H,3-4,23H2,1-2H3. The molecule has 9 heteroatoms. The lowest BCUT2D eigenvalue weighted by Gasteiger charge is -2.44. The van der Waals surface area contributed by atoms with Crippen molar-refractivity contribution in [1.82, 2.24) is 0 Å². The fourth-order valence-corrected chi connectivity index (χ4v) is 2.80. The summed E-state index contributed by atoms with van der Waals surface area (Å²) in [5.74, 6) is -23.4. The van der Waals surface area contributed by atoms with Crippen molar-refractivity contribution in [2.24, 2.45) is 0 Å². The number of aryl methyl sites for hydroxylation is 1. The van der Waals surface area contributed by atoms with Gasteiger partial charge in [0.05, 0.1) is 0 Å². The molecule has 1 aromatic rings. The van der Waals surface area contributed by atoms with Crippen molar-refractivity contribution in [2.45, 2.75) is 50.4 Å². The van der Waals surface area contributed by atoms with Gasteiger partial charge in [0.2, 0.25) is 0 Å². The van der Waals surface area contributed by atoms with Gasteiger partial charge >= 0.3 is 23.7 Å². The molecule has 0 radical (unpaired) electrons. The van der Waals surface area contributed by atoms with Crippen molar-refractivity contribution in [3.05, 3.63) is 28.3 Å². The number of nitrogen functional groups attached to an aromatic ring is 1. The second-order valence-corrected chi connectivity index (χ2v) is 5.36. The first-order chi connectivity index (χ1) is 10.3. The average Bonchev–Trinajstić information content (AvgIpc) is 2.44. The molecule has 0 fully saturated rings. The SMILES string of the molecule is CCc1cc2c(c(CC)c1N)C(F)(F)C(F)(F)C(F)(F)C2(F)F. The van der Waals surface area contributed by atoms with E-state index in [1.807, 2.05) is 0 Å². The molecule has 130 valence electrons. The summed E-state index contributed by atoms with van der Waals surface area (Å²) in [7, 11) is 0. The lowest BCUT2D eigenvalue weighted by atomic mass is 9.76. The third kappa shape index (κ3) is 1.85. The first kappa shape index (κ1) is 17.8. The molecule has 1 aromatic carbocycles. The summed E-state index contributed by atoms with van der Waals surface area (Å²) in [6, 6.07) is 0.376. The topological polar surface area (TPSA) is 26.0 Å². The first-order valence-corrected chi connectivity index (χ1v) is 6.75. The number of rotatable bonds is 2. The molecule has 2 N–H and O–H groups in total. The van der Waals surface area contributed by atoms with E-state index in [0.29, 0.717) is 6.07 Å². The van der Waals surface area contributed by atoms with E-state index in [2.05, 4.69) is 0 Å².